The Kier molecular flexibility index (Phi) is 6.91. The van der Waals surface area contributed by atoms with Crippen LogP contribution in [0.15, 0.2) is 67.0 Å². The summed E-state index contributed by atoms with van der Waals surface area (Å²) in [6.07, 6.45) is 3.77. The number of carbonyl (C=O) groups excluding carboxylic acids is 2. The summed E-state index contributed by atoms with van der Waals surface area (Å²) in [5.74, 6) is -3.83. The zero-order valence-electron chi connectivity index (χ0n) is 19.5. The van der Waals surface area contributed by atoms with Crippen LogP contribution < -0.4 is 10.2 Å². The Balaban J connectivity index is 1.37. The molecule has 1 aliphatic heterocycles. The number of benzene rings is 2. The van der Waals surface area contributed by atoms with Crippen LogP contribution in [0.5, 0.6) is 0 Å². The van der Waals surface area contributed by atoms with E-state index in [2.05, 4.69) is 10.3 Å². The van der Waals surface area contributed by atoms with Gasteiger partial charge in [-0.3, -0.25) is 14.6 Å². The first-order valence-electron chi connectivity index (χ1n) is 11.8. The summed E-state index contributed by atoms with van der Waals surface area (Å²) in [7, 11) is 0. The van der Waals surface area contributed by atoms with Crippen LogP contribution in [0, 0.1) is 17.6 Å². The molecule has 2 N–H and O–H groups in total. The molecule has 2 amide bonds. The third-order valence-electron chi connectivity index (χ3n) is 7.09. The van der Waals surface area contributed by atoms with Crippen molar-refractivity contribution in [3.05, 3.63) is 95.3 Å². The third-order valence-corrected chi connectivity index (χ3v) is 8.11. The normalized spacial score (nSPS) is 27.2. The molecule has 37 heavy (non-hydrogen) atoms. The van der Waals surface area contributed by atoms with E-state index >= 15 is 0 Å². The fourth-order valence-corrected chi connectivity index (χ4v) is 5.93. The average Bonchev–Trinajstić information content (AvgIpc) is 3.11. The van der Waals surface area contributed by atoms with Crippen LogP contribution in [0.4, 0.5) is 14.5 Å². The molecular weight excluding hydrogens is 523 g/mol. The van der Waals surface area contributed by atoms with Gasteiger partial charge in [-0.1, -0.05) is 30.3 Å². The molecule has 2 heterocycles. The van der Waals surface area contributed by atoms with Crippen LogP contribution in [0.25, 0.3) is 0 Å². The van der Waals surface area contributed by atoms with Crippen molar-refractivity contribution in [2.24, 2.45) is 5.92 Å². The number of hydrogen-bond acceptors (Lipinski definition) is 4. The maximum Gasteiger partial charge on any atom is 0.268 e. The van der Waals surface area contributed by atoms with Crippen LogP contribution in [0.2, 0.25) is 0 Å². The lowest BCUT2D eigenvalue weighted by molar-refractivity contribution is -0.132. The third kappa shape index (κ3) is 4.47. The Labute approximate surface area is 222 Å². The van der Waals surface area contributed by atoms with Gasteiger partial charge >= 0.3 is 0 Å². The Bertz CT molecular complexity index is 1350. The maximum atomic E-state index is 14.8. The molecule has 0 unspecified atom stereocenters. The van der Waals surface area contributed by atoms with E-state index in [4.69, 9.17) is 23.2 Å². The Hall–Kier alpha value is -3.07. The monoisotopic (exact) mass is 545 g/mol. The second kappa shape index (κ2) is 10.0. The number of nitrogens with zero attached hydrogens (tertiary/aromatic N) is 2. The van der Waals surface area contributed by atoms with Crippen LogP contribution in [0.3, 0.4) is 0 Å². The maximum absolute atomic E-state index is 14.8. The largest absolute Gasteiger partial charge is 0.372 e. The molecule has 192 valence electrons. The van der Waals surface area contributed by atoms with Gasteiger partial charge in [-0.15, -0.1) is 23.2 Å². The molecule has 0 spiro atoms. The Morgan fingerprint density at radius 1 is 1.05 bits per heavy atom. The molecule has 0 radical (unpaired) electrons. The van der Waals surface area contributed by atoms with Gasteiger partial charge in [0.2, 0.25) is 0 Å². The van der Waals surface area contributed by atoms with Crippen LogP contribution in [-0.4, -0.2) is 45.2 Å². The number of anilines is 1. The van der Waals surface area contributed by atoms with Crippen LogP contribution in [0.1, 0.15) is 34.3 Å². The van der Waals surface area contributed by atoms with Crippen molar-refractivity contribution in [3.8, 4) is 0 Å². The van der Waals surface area contributed by atoms with Gasteiger partial charge in [-0.05, 0) is 43.0 Å². The van der Waals surface area contributed by atoms with Crippen molar-refractivity contribution in [1.82, 2.24) is 10.3 Å². The van der Waals surface area contributed by atoms with Gasteiger partial charge in [-0.25, -0.2) is 8.78 Å². The first-order chi connectivity index (χ1) is 17.7. The van der Waals surface area contributed by atoms with E-state index in [1.165, 1.54) is 29.3 Å². The van der Waals surface area contributed by atoms with Crippen LogP contribution in [-0.2, 0) is 10.4 Å². The number of aliphatic hydroxyl groups is 1. The Morgan fingerprint density at radius 2 is 1.81 bits per heavy atom. The summed E-state index contributed by atoms with van der Waals surface area (Å²) < 4.78 is 28.8. The van der Waals surface area contributed by atoms with E-state index in [1.807, 2.05) is 0 Å². The van der Waals surface area contributed by atoms with Crippen molar-refractivity contribution >= 4 is 40.7 Å². The number of nitrogens with one attached hydrogen (secondary N) is 1. The number of fused-ring (bicyclic) bond motifs is 1. The van der Waals surface area contributed by atoms with Gasteiger partial charge in [0.05, 0.1) is 16.6 Å². The van der Waals surface area contributed by atoms with E-state index < -0.39 is 45.5 Å². The van der Waals surface area contributed by atoms with E-state index in [0.717, 1.165) is 6.07 Å². The van der Waals surface area contributed by atoms with Gasteiger partial charge in [0, 0.05) is 41.5 Å². The van der Waals surface area contributed by atoms with E-state index in [9.17, 15) is 23.5 Å². The first kappa shape index (κ1) is 25.6. The highest BCUT2D eigenvalue weighted by atomic mass is 35.5. The lowest BCUT2D eigenvalue weighted by Gasteiger charge is -2.38. The number of carbonyl (C=O) groups is 2. The molecule has 3 aromatic rings. The van der Waals surface area contributed by atoms with Crippen molar-refractivity contribution in [2.75, 3.05) is 11.4 Å². The van der Waals surface area contributed by atoms with E-state index in [0.29, 0.717) is 24.1 Å². The number of alkyl halides is 2. The minimum absolute atomic E-state index is 0.107. The molecule has 2 aromatic carbocycles. The summed E-state index contributed by atoms with van der Waals surface area (Å²) in [5, 5.41) is 13.5. The minimum atomic E-state index is -2.39. The zero-order valence-corrected chi connectivity index (χ0v) is 21.0. The topological polar surface area (TPSA) is 82.5 Å². The minimum Gasteiger partial charge on any atom is -0.372 e. The molecule has 6 nitrogen and oxygen atoms in total. The fraction of sp³-hybridized carbons (Fsp3) is 0.296. The molecule has 10 heteroatoms. The average molecular weight is 546 g/mol. The SMILES string of the molecule is O=C(N[C@@H]1C[C@@H](Cl)[C@@H](CN2C(=O)[C@](O)(c3cccc(F)c3F)c3ccccc32)C[C@H]1Cl)c1cccnc1. The molecule has 0 bridgehead atoms. The first-order valence-corrected chi connectivity index (χ1v) is 12.7. The summed E-state index contributed by atoms with van der Waals surface area (Å²) in [6.45, 7) is 0.107. The smallest absolute Gasteiger partial charge is 0.268 e. The summed E-state index contributed by atoms with van der Waals surface area (Å²) >= 11 is 13.4. The summed E-state index contributed by atoms with van der Waals surface area (Å²) in [6, 6.07) is 12.8. The number of rotatable bonds is 5. The van der Waals surface area contributed by atoms with Crippen molar-refractivity contribution in [1.29, 1.82) is 0 Å². The molecule has 5 atom stereocenters. The second-order valence-corrected chi connectivity index (χ2v) is 10.5. The molecule has 1 aliphatic carbocycles. The van der Waals surface area contributed by atoms with Gasteiger partial charge < -0.3 is 15.3 Å². The van der Waals surface area contributed by atoms with Gasteiger partial charge in [-0.2, -0.15) is 0 Å². The van der Waals surface area contributed by atoms with Gasteiger partial charge in [0.1, 0.15) is 0 Å². The van der Waals surface area contributed by atoms with Gasteiger partial charge in [0.15, 0.2) is 17.2 Å². The molecule has 5 rings (SSSR count). The molecule has 1 aromatic heterocycles. The number of hydrogen-bond donors (Lipinski definition) is 2. The molecule has 2 aliphatic rings. The number of halogens is 4. The van der Waals surface area contributed by atoms with Gasteiger partial charge in [0.25, 0.3) is 11.8 Å². The molecule has 0 saturated heterocycles. The number of amides is 2. The second-order valence-electron chi connectivity index (χ2n) is 9.33. The number of aromatic nitrogens is 1. The lowest BCUT2D eigenvalue weighted by Crippen LogP contribution is -2.51. The quantitative estimate of drug-likeness (QED) is 0.466. The standard InChI is InChI=1S/C27H23Cl2F2N3O3/c28-19-12-22(33-25(35)15-5-4-10-32-13-15)20(29)11-16(19)14-34-23-9-2-1-6-17(23)27(37,26(34)36)18-7-3-8-21(30)24(18)31/h1-10,13,16,19-20,22,37H,11-12,14H2,(H,33,35)/t16-,19-,20-,22-,27-/m1/s1. The predicted molar refractivity (Wildman–Crippen MR) is 136 cm³/mol. The highest BCUT2D eigenvalue weighted by Crippen LogP contribution is 2.46. The van der Waals surface area contributed by atoms with Crippen LogP contribution >= 0.6 is 23.2 Å². The lowest BCUT2D eigenvalue weighted by atomic mass is 9.84. The molecular formula is C27H23Cl2F2N3O3. The highest BCUT2D eigenvalue weighted by molar-refractivity contribution is 6.23. The molecule has 1 fully saturated rings. The zero-order chi connectivity index (χ0) is 26.3. The van der Waals surface area contributed by atoms with E-state index in [1.54, 1.807) is 36.5 Å². The Morgan fingerprint density at radius 3 is 2.57 bits per heavy atom. The number of para-hydroxylation sites is 1. The van der Waals surface area contributed by atoms with Crippen molar-refractivity contribution < 1.29 is 23.5 Å². The van der Waals surface area contributed by atoms with E-state index in [-0.39, 0.29) is 23.9 Å². The highest BCUT2D eigenvalue weighted by Gasteiger charge is 2.53. The van der Waals surface area contributed by atoms with Crippen molar-refractivity contribution in [2.45, 2.75) is 35.2 Å². The predicted octanol–water partition coefficient (Wildman–Crippen LogP) is 4.37. The fourth-order valence-electron chi connectivity index (χ4n) is 5.17. The summed E-state index contributed by atoms with van der Waals surface area (Å²) in [5.41, 5.74) is -1.88. The summed E-state index contributed by atoms with van der Waals surface area (Å²) in [4.78, 5) is 31.5. The van der Waals surface area contributed by atoms with Crippen molar-refractivity contribution in [3.63, 3.8) is 0 Å². The number of pyridine rings is 1. The molecule has 1 saturated carbocycles.